The number of benzene rings is 2. The lowest BCUT2D eigenvalue weighted by Crippen LogP contribution is -2.17. The first-order valence-electron chi connectivity index (χ1n) is 7.99. The molecule has 0 atom stereocenters. The lowest BCUT2D eigenvalue weighted by atomic mass is 10.1. The number of furan rings is 1. The number of ether oxygens (including phenoxy) is 1. The average Bonchev–Trinajstić information content (AvgIpc) is 3.16. The molecule has 142 valence electrons. The fourth-order valence-corrected chi connectivity index (χ4v) is 2.56. The maximum atomic E-state index is 12.0. The van der Waals surface area contributed by atoms with E-state index in [4.69, 9.17) is 20.8 Å². The van der Waals surface area contributed by atoms with E-state index in [0.29, 0.717) is 17.1 Å². The summed E-state index contributed by atoms with van der Waals surface area (Å²) in [4.78, 5) is 22.7. The Morgan fingerprint density at radius 2 is 1.96 bits per heavy atom. The highest BCUT2D eigenvalue weighted by molar-refractivity contribution is 6.30. The average molecular weight is 400 g/mol. The van der Waals surface area contributed by atoms with E-state index in [-0.39, 0.29) is 22.0 Å². The monoisotopic (exact) mass is 399 g/mol. The van der Waals surface area contributed by atoms with Crippen LogP contribution in [0.3, 0.4) is 0 Å². The van der Waals surface area contributed by atoms with Crippen LogP contribution in [0.4, 0.5) is 5.69 Å². The van der Waals surface area contributed by atoms with Crippen molar-refractivity contribution >= 4 is 29.4 Å². The number of halogens is 1. The quantitative estimate of drug-likeness (QED) is 0.378. The van der Waals surface area contributed by atoms with Crippen LogP contribution < -0.4 is 10.2 Å². The van der Waals surface area contributed by atoms with Crippen molar-refractivity contribution in [1.29, 1.82) is 0 Å². The van der Waals surface area contributed by atoms with Crippen molar-refractivity contribution in [3.8, 4) is 17.1 Å². The molecule has 1 aromatic heterocycles. The molecule has 3 rings (SSSR count). The molecule has 0 spiro atoms. The Balaban J connectivity index is 1.71. The van der Waals surface area contributed by atoms with E-state index >= 15 is 0 Å². The van der Waals surface area contributed by atoms with Gasteiger partial charge in [0.15, 0.2) is 0 Å². The van der Waals surface area contributed by atoms with Crippen LogP contribution in [0.2, 0.25) is 5.02 Å². The Kier molecular flexibility index (Phi) is 5.71. The van der Waals surface area contributed by atoms with Crippen LogP contribution >= 0.6 is 11.6 Å². The van der Waals surface area contributed by atoms with Gasteiger partial charge in [-0.05, 0) is 48.5 Å². The van der Waals surface area contributed by atoms with Gasteiger partial charge in [0.25, 0.3) is 11.6 Å². The molecule has 0 bridgehead atoms. The van der Waals surface area contributed by atoms with Crippen molar-refractivity contribution in [2.45, 2.75) is 0 Å². The topological polar surface area (TPSA) is 107 Å². The second kappa shape index (κ2) is 8.36. The molecule has 28 heavy (non-hydrogen) atoms. The summed E-state index contributed by atoms with van der Waals surface area (Å²) in [5.41, 5.74) is 2.91. The molecule has 8 nitrogen and oxygen atoms in total. The number of nitro groups is 1. The summed E-state index contributed by atoms with van der Waals surface area (Å²) >= 11 is 5.82. The molecule has 3 aromatic rings. The fourth-order valence-electron chi connectivity index (χ4n) is 2.39. The van der Waals surface area contributed by atoms with Crippen molar-refractivity contribution in [1.82, 2.24) is 5.43 Å². The summed E-state index contributed by atoms with van der Waals surface area (Å²) < 4.78 is 10.6. The van der Waals surface area contributed by atoms with E-state index in [1.807, 2.05) is 0 Å². The van der Waals surface area contributed by atoms with Gasteiger partial charge in [-0.1, -0.05) is 11.6 Å². The highest BCUT2D eigenvalue weighted by atomic mass is 35.5. The summed E-state index contributed by atoms with van der Waals surface area (Å²) in [7, 11) is 1.54. The number of rotatable bonds is 6. The molecule has 0 radical (unpaired) electrons. The number of hydrogen-bond donors (Lipinski definition) is 1. The molecule has 1 heterocycles. The summed E-state index contributed by atoms with van der Waals surface area (Å²) in [6.07, 6.45) is 1.30. The second-order valence-corrected chi connectivity index (χ2v) is 5.98. The van der Waals surface area contributed by atoms with Gasteiger partial charge in [0, 0.05) is 16.7 Å². The van der Waals surface area contributed by atoms with E-state index in [0.717, 1.165) is 0 Å². The summed E-state index contributed by atoms with van der Waals surface area (Å²) in [6, 6.07) is 14.0. The predicted molar refractivity (Wildman–Crippen MR) is 104 cm³/mol. The zero-order valence-electron chi connectivity index (χ0n) is 14.6. The smallest absolute Gasteiger partial charge is 0.281 e. The van der Waals surface area contributed by atoms with E-state index in [2.05, 4.69) is 10.5 Å². The van der Waals surface area contributed by atoms with Gasteiger partial charge in [-0.15, -0.1) is 0 Å². The predicted octanol–water partition coefficient (Wildman–Crippen LogP) is 4.28. The van der Waals surface area contributed by atoms with Crippen molar-refractivity contribution in [3.05, 3.63) is 81.1 Å². The van der Waals surface area contributed by atoms with Crippen molar-refractivity contribution in [3.63, 3.8) is 0 Å². The Bertz CT molecular complexity index is 1040. The Hall–Kier alpha value is -3.65. The van der Waals surface area contributed by atoms with Gasteiger partial charge < -0.3 is 9.15 Å². The molecular weight excluding hydrogens is 386 g/mol. The molecule has 0 aliphatic rings. The first-order chi connectivity index (χ1) is 13.5. The first kappa shape index (κ1) is 19.1. The molecule has 9 heteroatoms. The molecule has 0 aliphatic carbocycles. The number of amides is 1. The van der Waals surface area contributed by atoms with Crippen LogP contribution in [0.5, 0.6) is 5.75 Å². The maximum Gasteiger partial charge on any atom is 0.281 e. The van der Waals surface area contributed by atoms with E-state index in [1.54, 1.807) is 36.4 Å². The molecule has 0 saturated heterocycles. The van der Waals surface area contributed by atoms with Crippen LogP contribution in [0.1, 0.15) is 16.1 Å². The van der Waals surface area contributed by atoms with Crippen LogP contribution in [-0.4, -0.2) is 24.2 Å². The molecular formula is C19H14ClN3O5. The summed E-state index contributed by atoms with van der Waals surface area (Å²) in [5.74, 6) is 0.832. The highest BCUT2D eigenvalue weighted by Crippen LogP contribution is 2.33. The van der Waals surface area contributed by atoms with E-state index in [9.17, 15) is 14.9 Å². The minimum absolute atomic E-state index is 0.168. The Morgan fingerprint density at radius 3 is 2.64 bits per heavy atom. The minimum Gasteiger partial charge on any atom is -0.497 e. The van der Waals surface area contributed by atoms with E-state index < -0.39 is 10.8 Å². The van der Waals surface area contributed by atoms with Gasteiger partial charge in [-0.25, -0.2) is 5.43 Å². The van der Waals surface area contributed by atoms with Crippen molar-refractivity contribution < 1.29 is 18.9 Å². The number of carbonyl (C=O) groups is 1. The zero-order valence-corrected chi connectivity index (χ0v) is 15.3. The molecule has 0 fully saturated rings. The number of nitrogens with one attached hydrogen (secondary N) is 1. The maximum absolute atomic E-state index is 12.0. The molecule has 0 unspecified atom stereocenters. The third kappa shape index (κ3) is 4.36. The molecule has 1 N–H and O–H groups in total. The number of nitrogens with zero attached hydrogens (tertiary/aromatic N) is 2. The number of methoxy groups -OCH3 is 1. The third-order valence-corrected chi connectivity index (χ3v) is 3.99. The van der Waals surface area contributed by atoms with Crippen LogP contribution in [0.25, 0.3) is 11.3 Å². The lowest BCUT2D eigenvalue weighted by molar-refractivity contribution is -0.384. The van der Waals surface area contributed by atoms with Crippen LogP contribution in [-0.2, 0) is 0 Å². The Morgan fingerprint density at radius 1 is 1.21 bits per heavy atom. The fraction of sp³-hybridized carbons (Fsp3) is 0.0526. The number of hydrogen-bond acceptors (Lipinski definition) is 6. The third-order valence-electron chi connectivity index (χ3n) is 3.76. The van der Waals surface area contributed by atoms with Crippen LogP contribution in [0.15, 0.2) is 64.1 Å². The van der Waals surface area contributed by atoms with Gasteiger partial charge in [-0.2, -0.15) is 5.10 Å². The minimum atomic E-state index is -0.535. The van der Waals surface area contributed by atoms with Gasteiger partial charge in [-0.3, -0.25) is 14.9 Å². The molecule has 0 aliphatic heterocycles. The van der Waals surface area contributed by atoms with Gasteiger partial charge in [0.1, 0.15) is 17.3 Å². The second-order valence-electron chi connectivity index (χ2n) is 5.55. The zero-order chi connectivity index (χ0) is 20.1. The van der Waals surface area contributed by atoms with Gasteiger partial charge >= 0.3 is 0 Å². The Labute approximate surface area is 164 Å². The number of nitro benzene ring substituents is 1. The largest absolute Gasteiger partial charge is 0.497 e. The van der Waals surface area contributed by atoms with Crippen LogP contribution in [0, 0.1) is 10.1 Å². The van der Waals surface area contributed by atoms with Crippen molar-refractivity contribution in [2.24, 2.45) is 5.10 Å². The molecule has 2 aromatic carbocycles. The lowest BCUT2D eigenvalue weighted by Gasteiger charge is -2.02. The summed E-state index contributed by atoms with van der Waals surface area (Å²) in [5, 5.41) is 15.3. The first-order valence-corrected chi connectivity index (χ1v) is 8.37. The van der Waals surface area contributed by atoms with Gasteiger partial charge in [0.05, 0.1) is 23.8 Å². The standard InChI is InChI=1S/C19H14ClN3O5/c1-27-14-5-2-12(3-6-14)19(24)22-21-11-15-7-9-18(28-15)16-8-4-13(20)10-17(16)23(25)26/h2-11H,1H3,(H,22,24). The number of carbonyl (C=O) groups excluding carboxylic acids is 1. The van der Waals surface area contributed by atoms with E-state index in [1.165, 1.54) is 31.5 Å². The molecule has 1 amide bonds. The van der Waals surface area contributed by atoms with Crippen molar-refractivity contribution in [2.75, 3.05) is 7.11 Å². The SMILES string of the molecule is COc1ccc(C(=O)NN=Cc2ccc(-c3ccc(Cl)cc3[N+](=O)[O-])o2)cc1. The van der Waals surface area contributed by atoms with Gasteiger partial charge in [0.2, 0.25) is 0 Å². The normalized spacial score (nSPS) is 10.8. The summed E-state index contributed by atoms with van der Waals surface area (Å²) in [6.45, 7) is 0. The number of hydrazone groups is 1. The highest BCUT2D eigenvalue weighted by Gasteiger charge is 2.18. The molecule has 0 saturated carbocycles.